The molecule has 0 radical (unpaired) electrons. The number of ether oxygens (including phenoxy) is 2. The summed E-state index contributed by atoms with van der Waals surface area (Å²) in [6, 6.07) is 21.4. The van der Waals surface area contributed by atoms with Gasteiger partial charge < -0.3 is 14.6 Å². The summed E-state index contributed by atoms with van der Waals surface area (Å²) in [6.07, 6.45) is 2.66. The van der Waals surface area contributed by atoms with Crippen LogP contribution in [0.1, 0.15) is 5.56 Å². The van der Waals surface area contributed by atoms with Gasteiger partial charge in [-0.2, -0.15) is 0 Å². The van der Waals surface area contributed by atoms with Crippen LogP contribution < -0.4 is 0 Å². The van der Waals surface area contributed by atoms with Gasteiger partial charge in [-0.25, -0.2) is 16.8 Å². The summed E-state index contributed by atoms with van der Waals surface area (Å²) in [6.45, 7) is 0.117. The lowest BCUT2D eigenvalue weighted by atomic mass is 10.1. The summed E-state index contributed by atoms with van der Waals surface area (Å²) < 4.78 is 65.6. The lowest BCUT2D eigenvalue weighted by molar-refractivity contribution is 0.0990. The number of rotatable bonds is 8. The van der Waals surface area contributed by atoms with Crippen LogP contribution in [0.5, 0.6) is 5.75 Å². The van der Waals surface area contributed by atoms with Gasteiger partial charge in [0.2, 0.25) is 19.7 Å². The first kappa shape index (κ1) is 26.1. The second kappa shape index (κ2) is 10.5. The molecule has 1 aliphatic rings. The Hall–Kier alpha value is -4.02. The molecule has 4 rings (SSSR count). The number of phenols is 1. The maximum absolute atomic E-state index is 13.8. The summed E-state index contributed by atoms with van der Waals surface area (Å²) in [5.41, 5.74) is 0.421. The van der Waals surface area contributed by atoms with Crippen LogP contribution >= 0.6 is 0 Å². The summed E-state index contributed by atoms with van der Waals surface area (Å²) >= 11 is 0. The number of methoxy groups -OCH3 is 2. The average molecular weight is 540 g/mol. The Labute approximate surface area is 216 Å². The number of benzene rings is 3. The molecule has 1 heterocycles. The van der Waals surface area contributed by atoms with Crippen LogP contribution in [-0.4, -0.2) is 41.1 Å². The number of hydrogen-bond acceptors (Lipinski definition) is 8. The van der Waals surface area contributed by atoms with Crippen LogP contribution in [0, 0.1) is 0 Å². The van der Waals surface area contributed by atoms with Gasteiger partial charge in [0, 0.05) is 23.3 Å². The molecule has 3 aromatic carbocycles. The van der Waals surface area contributed by atoms with Gasteiger partial charge in [0.1, 0.15) is 5.75 Å². The zero-order chi connectivity index (χ0) is 26.6. The molecule has 0 aromatic heterocycles. The zero-order valence-electron chi connectivity index (χ0n) is 20.1. The first-order chi connectivity index (χ1) is 17.7. The molecule has 0 spiro atoms. The van der Waals surface area contributed by atoms with Crippen molar-refractivity contribution in [1.82, 2.24) is 4.90 Å². The van der Waals surface area contributed by atoms with E-state index in [0.29, 0.717) is 5.56 Å². The van der Waals surface area contributed by atoms with E-state index in [1.807, 2.05) is 0 Å². The quantitative estimate of drug-likeness (QED) is 0.450. The van der Waals surface area contributed by atoms with Crippen LogP contribution in [0.15, 0.2) is 128 Å². The number of nitrogens with zero attached hydrogens (tertiary/aromatic N) is 1. The molecule has 0 fully saturated rings. The number of phenolic OH excluding ortho intramolecular Hbond substituents is 1. The molecule has 10 heteroatoms. The highest BCUT2D eigenvalue weighted by atomic mass is 32.3. The lowest BCUT2D eigenvalue weighted by Gasteiger charge is -2.31. The third-order valence-electron chi connectivity index (χ3n) is 5.66. The first-order valence-corrected chi connectivity index (χ1v) is 14.1. The van der Waals surface area contributed by atoms with Crippen molar-refractivity contribution in [1.29, 1.82) is 0 Å². The largest absolute Gasteiger partial charge is 0.508 e. The third-order valence-corrected chi connectivity index (χ3v) is 10.2. The molecule has 0 unspecified atom stereocenters. The number of allylic oxidation sites excluding steroid dienone is 3. The molecule has 8 nitrogen and oxygen atoms in total. The van der Waals surface area contributed by atoms with E-state index in [1.54, 1.807) is 35.2 Å². The smallest absolute Gasteiger partial charge is 0.218 e. The first-order valence-electron chi connectivity index (χ1n) is 11.1. The van der Waals surface area contributed by atoms with E-state index >= 15 is 0 Å². The van der Waals surface area contributed by atoms with Gasteiger partial charge in [-0.1, -0.05) is 54.6 Å². The topological polar surface area (TPSA) is 110 Å². The monoisotopic (exact) mass is 539 g/mol. The Bertz CT molecular complexity index is 1500. The van der Waals surface area contributed by atoms with E-state index in [1.165, 1.54) is 81.0 Å². The molecule has 37 heavy (non-hydrogen) atoms. The minimum Gasteiger partial charge on any atom is -0.508 e. The second-order valence-electron chi connectivity index (χ2n) is 7.96. The predicted octanol–water partition coefficient (Wildman–Crippen LogP) is 4.34. The van der Waals surface area contributed by atoms with E-state index in [2.05, 4.69) is 0 Å². The Kier molecular flexibility index (Phi) is 7.42. The van der Waals surface area contributed by atoms with Gasteiger partial charge in [-0.15, -0.1) is 0 Å². The number of hydrogen-bond donors (Lipinski definition) is 1. The highest BCUT2D eigenvalue weighted by molar-refractivity contribution is 8.14. The SMILES string of the molecule is COC1=CC(=C(S(=O)(=O)c2ccccc2)S(=O)(=O)c2ccccc2)C=C(OC)N1Cc1ccccc1O. The highest BCUT2D eigenvalue weighted by Gasteiger charge is 2.37. The van der Waals surface area contributed by atoms with Gasteiger partial charge in [0.25, 0.3) is 0 Å². The molecule has 1 N–H and O–H groups in total. The van der Waals surface area contributed by atoms with Crippen molar-refractivity contribution in [2.24, 2.45) is 0 Å². The summed E-state index contributed by atoms with van der Waals surface area (Å²) in [7, 11) is -6.30. The second-order valence-corrected chi connectivity index (χ2v) is 12.0. The van der Waals surface area contributed by atoms with Crippen molar-refractivity contribution in [3.63, 3.8) is 0 Å². The standard InChI is InChI=1S/C27H25NO7S2/c1-34-25-17-21(18-26(35-2)28(25)19-20-11-9-10-16-24(20)29)27(36(30,31)22-12-5-3-6-13-22)37(32,33)23-14-7-4-8-15-23/h3-18,29H,19H2,1-2H3. The van der Waals surface area contributed by atoms with Gasteiger partial charge in [0.05, 0.1) is 30.6 Å². The van der Waals surface area contributed by atoms with Gasteiger partial charge >= 0.3 is 0 Å². The Morgan fingerprint density at radius 3 is 1.57 bits per heavy atom. The maximum atomic E-state index is 13.8. The minimum atomic E-state index is -4.52. The molecular weight excluding hydrogens is 514 g/mol. The van der Waals surface area contributed by atoms with Crippen LogP contribution in [-0.2, 0) is 35.7 Å². The molecule has 0 saturated heterocycles. The summed E-state index contributed by atoms with van der Waals surface area (Å²) in [4.78, 5) is 1.21. The predicted molar refractivity (Wildman–Crippen MR) is 138 cm³/mol. The van der Waals surface area contributed by atoms with Crippen molar-refractivity contribution in [2.75, 3.05) is 14.2 Å². The number of sulfone groups is 2. The van der Waals surface area contributed by atoms with Gasteiger partial charge in [0.15, 0.2) is 16.0 Å². The van der Waals surface area contributed by atoms with E-state index in [0.717, 1.165) is 0 Å². The zero-order valence-corrected chi connectivity index (χ0v) is 21.7. The highest BCUT2D eigenvalue weighted by Crippen LogP contribution is 2.37. The molecule has 0 atom stereocenters. The molecule has 1 aliphatic heterocycles. The van der Waals surface area contributed by atoms with Crippen molar-refractivity contribution < 1.29 is 31.4 Å². The van der Waals surface area contributed by atoms with Crippen molar-refractivity contribution >= 4 is 19.7 Å². The van der Waals surface area contributed by atoms with Crippen molar-refractivity contribution in [3.05, 3.63) is 124 Å². The fourth-order valence-corrected chi connectivity index (χ4v) is 7.92. The van der Waals surface area contributed by atoms with E-state index in [4.69, 9.17) is 9.47 Å². The van der Waals surface area contributed by atoms with E-state index in [-0.39, 0.29) is 39.4 Å². The Morgan fingerprint density at radius 2 is 1.14 bits per heavy atom. The van der Waals surface area contributed by atoms with E-state index < -0.39 is 23.9 Å². The van der Waals surface area contributed by atoms with Crippen LogP contribution in [0.25, 0.3) is 0 Å². The van der Waals surface area contributed by atoms with Crippen LogP contribution in [0.4, 0.5) is 0 Å². The molecular formula is C27H25NO7S2. The van der Waals surface area contributed by atoms with Gasteiger partial charge in [-0.05, 0) is 30.3 Å². The molecule has 0 bridgehead atoms. The average Bonchev–Trinajstić information content (AvgIpc) is 2.91. The fraction of sp³-hybridized carbons (Fsp3) is 0.111. The number of aromatic hydroxyl groups is 1. The van der Waals surface area contributed by atoms with Crippen molar-refractivity contribution in [2.45, 2.75) is 16.3 Å². The molecule has 0 amide bonds. The van der Waals surface area contributed by atoms with Gasteiger partial charge in [-0.3, -0.25) is 4.90 Å². The van der Waals surface area contributed by atoms with Crippen LogP contribution in [0.3, 0.4) is 0 Å². The Balaban J connectivity index is 1.97. The summed E-state index contributed by atoms with van der Waals surface area (Å²) in [5, 5.41) is 10.2. The normalized spacial score (nSPS) is 14.0. The third kappa shape index (κ3) is 5.11. The molecule has 192 valence electrons. The van der Waals surface area contributed by atoms with Crippen molar-refractivity contribution in [3.8, 4) is 5.75 Å². The maximum Gasteiger partial charge on any atom is 0.218 e. The molecule has 3 aromatic rings. The lowest BCUT2D eigenvalue weighted by Crippen LogP contribution is -2.28. The molecule has 0 saturated carbocycles. The molecule has 0 aliphatic carbocycles. The van der Waals surface area contributed by atoms with Crippen LogP contribution in [0.2, 0.25) is 0 Å². The summed E-state index contributed by atoms with van der Waals surface area (Å²) in [5.74, 6) is 0.303. The fourth-order valence-electron chi connectivity index (χ4n) is 3.87. The number of para-hydroxylation sites is 1. The Morgan fingerprint density at radius 1 is 0.703 bits per heavy atom. The minimum absolute atomic E-state index is 0.0498. The van der Waals surface area contributed by atoms with E-state index in [9.17, 15) is 21.9 Å².